The molecule has 9 nitrogen and oxygen atoms in total. The quantitative estimate of drug-likeness (QED) is 0.379. The van der Waals surface area contributed by atoms with Gasteiger partial charge in [0.1, 0.15) is 11.5 Å². The summed E-state index contributed by atoms with van der Waals surface area (Å²) >= 11 is 6.00. The largest absolute Gasteiger partial charge is 0.493 e. The van der Waals surface area contributed by atoms with Crippen molar-refractivity contribution in [2.75, 3.05) is 5.32 Å². The minimum absolute atomic E-state index is 0.0126. The summed E-state index contributed by atoms with van der Waals surface area (Å²) < 4.78 is 1.67. The van der Waals surface area contributed by atoms with Crippen LogP contribution in [0.5, 0.6) is 5.88 Å². The summed E-state index contributed by atoms with van der Waals surface area (Å²) in [6, 6.07) is 9.81. The smallest absolute Gasteiger partial charge is 0.326 e. The lowest BCUT2D eigenvalue weighted by molar-refractivity contribution is 0.454. The lowest BCUT2D eigenvalue weighted by Gasteiger charge is -2.15. The van der Waals surface area contributed by atoms with Gasteiger partial charge in [0.25, 0.3) is 0 Å². The number of nitrogens with one attached hydrogen (secondary N) is 3. The molecule has 3 aromatic heterocycles. The first kappa shape index (κ1) is 19.4. The van der Waals surface area contributed by atoms with Crippen molar-refractivity contribution in [2.45, 2.75) is 31.8 Å². The fourth-order valence-corrected chi connectivity index (χ4v) is 3.45. The van der Waals surface area contributed by atoms with Crippen LogP contribution in [0.25, 0.3) is 11.7 Å². The molecule has 3 heterocycles. The molecule has 1 atom stereocenters. The van der Waals surface area contributed by atoms with Crippen molar-refractivity contribution in [3.05, 3.63) is 74.0 Å². The third-order valence-corrected chi connectivity index (χ3v) is 5.36. The molecule has 0 aliphatic heterocycles. The molecule has 1 unspecified atom stereocenters. The van der Waals surface area contributed by atoms with Crippen LogP contribution in [0.15, 0.2) is 46.3 Å². The summed E-state index contributed by atoms with van der Waals surface area (Å²) in [6.45, 7) is 2.04. The Morgan fingerprint density at radius 3 is 2.77 bits per heavy atom. The van der Waals surface area contributed by atoms with Gasteiger partial charge in [0.2, 0.25) is 5.88 Å². The maximum absolute atomic E-state index is 11.5. The molecule has 1 aliphatic rings. The summed E-state index contributed by atoms with van der Waals surface area (Å²) in [7, 11) is 0. The Bertz CT molecular complexity index is 1430. The second kappa shape index (κ2) is 7.59. The van der Waals surface area contributed by atoms with E-state index in [0.717, 1.165) is 18.4 Å². The topological polar surface area (TPSA) is 123 Å². The average Bonchev–Trinajstić information content (AvgIpc) is 3.37. The van der Waals surface area contributed by atoms with E-state index in [4.69, 9.17) is 21.6 Å². The van der Waals surface area contributed by atoms with E-state index in [2.05, 4.69) is 20.4 Å². The Hall–Kier alpha value is -3.59. The number of hydrogen-bond donors (Lipinski definition) is 4. The van der Waals surface area contributed by atoms with Gasteiger partial charge in [-0.15, -0.1) is 0 Å². The van der Waals surface area contributed by atoms with Gasteiger partial charge in [0, 0.05) is 22.3 Å². The van der Waals surface area contributed by atoms with Crippen molar-refractivity contribution in [3.63, 3.8) is 0 Å². The number of aromatic nitrogens is 5. The second-order valence-electron chi connectivity index (χ2n) is 7.60. The van der Waals surface area contributed by atoms with Crippen molar-refractivity contribution in [1.29, 1.82) is 0 Å². The van der Waals surface area contributed by atoms with Gasteiger partial charge in [-0.25, -0.2) is 9.78 Å². The molecule has 1 saturated carbocycles. The van der Waals surface area contributed by atoms with Crippen molar-refractivity contribution in [1.82, 2.24) is 24.6 Å². The van der Waals surface area contributed by atoms with E-state index in [1.807, 2.05) is 37.3 Å². The van der Waals surface area contributed by atoms with Gasteiger partial charge < -0.3 is 15.4 Å². The number of fused-ring (bicyclic) bond motifs is 1. The molecule has 0 radical (unpaired) electrons. The zero-order chi connectivity index (χ0) is 21.5. The number of anilines is 1. The highest BCUT2D eigenvalue weighted by atomic mass is 35.5. The summed E-state index contributed by atoms with van der Waals surface area (Å²) in [5, 5.41) is 19.1. The van der Waals surface area contributed by atoms with E-state index >= 15 is 0 Å². The van der Waals surface area contributed by atoms with E-state index in [0.29, 0.717) is 33.2 Å². The molecule has 5 rings (SSSR count). The SMILES string of the molecule is CC(Nc1cc(=NC2CC2)n2ncc(=Cc3[nH]c(=O)[nH]c3O)c2n1)c1ccc(Cl)cc1. The average molecular weight is 438 g/mol. The number of benzene rings is 1. The Morgan fingerprint density at radius 2 is 2.10 bits per heavy atom. The molecular formula is C21H20ClN7O2. The zero-order valence-corrected chi connectivity index (χ0v) is 17.4. The van der Waals surface area contributed by atoms with E-state index in [-0.39, 0.29) is 17.6 Å². The van der Waals surface area contributed by atoms with Gasteiger partial charge in [0.15, 0.2) is 11.1 Å². The van der Waals surface area contributed by atoms with Crippen molar-refractivity contribution >= 4 is 29.1 Å². The van der Waals surface area contributed by atoms with Crippen LogP contribution in [-0.2, 0) is 0 Å². The molecule has 0 bridgehead atoms. The lowest BCUT2D eigenvalue weighted by Crippen LogP contribution is -2.21. The van der Waals surface area contributed by atoms with Crippen LogP contribution in [0.4, 0.5) is 5.82 Å². The van der Waals surface area contributed by atoms with Crippen LogP contribution in [-0.4, -0.2) is 35.7 Å². The molecule has 0 spiro atoms. The summed E-state index contributed by atoms with van der Waals surface area (Å²) in [6.07, 6.45) is 5.38. The van der Waals surface area contributed by atoms with E-state index < -0.39 is 5.69 Å². The van der Waals surface area contributed by atoms with Crippen LogP contribution in [0.2, 0.25) is 5.02 Å². The minimum atomic E-state index is -0.489. The van der Waals surface area contributed by atoms with Gasteiger partial charge in [0.05, 0.1) is 12.2 Å². The first-order chi connectivity index (χ1) is 15.0. The fourth-order valence-electron chi connectivity index (χ4n) is 3.33. The maximum Gasteiger partial charge on any atom is 0.326 e. The normalized spacial score (nSPS) is 16.2. The van der Waals surface area contributed by atoms with Crippen LogP contribution >= 0.6 is 11.6 Å². The summed E-state index contributed by atoms with van der Waals surface area (Å²) in [4.78, 5) is 25.8. The third kappa shape index (κ3) is 4.04. The van der Waals surface area contributed by atoms with Crippen LogP contribution in [0, 0.1) is 0 Å². The zero-order valence-electron chi connectivity index (χ0n) is 16.6. The van der Waals surface area contributed by atoms with Gasteiger partial charge in [-0.3, -0.25) is 9.98 Å². The number of H-pyrrole nitrogens is 2. The number of hydrogen-bond acceptors (Lipinski definition) is 6. The maximum atomic E-state index is 11.5. The van der Waals surface area contributed by atoms with Gasteiger partial charge >= 0.3 is 5.69 Å². The van der Waals surface area contributed by atoms with Crippen LogP contribution in [0.3, 0.4) is 0 Å². The molecule has 0 saturated heterocycles. The monoisotopic (exact) mass is 437 g/mol. The minimum Gasteiger partial charge on any atom is -0.493 e. The van der Waals surface area contributed by atoms with E-state index in [1.54, 1.807) is 16.8 Å². The second-order valence-corrected chi connectivity index (χ2v) is 8.03. The predicted octanol–water partition coefficient (Wildman–Crippen LogP) is 1.89. The molecule has 0 amide bonds. The van der Waals surface area contributed by atoms with E-state index in [9.17, 15) is 9.90 Å². The van der Waals surface area contributed by atoms with Crippen molar-refractivity contribution in [2.24, 2.45) is 4.99 Å². The number of halogens is 1. The van der Waals surface area contributed by atoms with Gasteiger partial charge in [-0.05, 0) is 43.5 Å². The van der Waals surface area contributed by atoms with Crippen molar-refractivity contribution < 1.29 is 5.11 Å². The first-order valence-electron chi connectivity index (χ1n) is 9.94. The summed E-state index contributed by atoms with van der Waals surface area (Å²) in [5.41, 5.74) is 2.10. The highest BCUT2D eigenvalue weighted by molar-refractivity contribution is 6.30. The van der Waals surface area contributed by atoms with E-state index in [1.165, 1.54) is 0 Å². The highest BCUT2D eigenvalue weighted by Gasteiger charge is 2.20. The lowest BCUT2D eigenvalue weighted by atomic mass is 10.1. The Kier molecular flexibility index (Phi) is 4.74. The molecule has 10 heteroatoms. The van der Waals surface area contributed by atoms with Gasteiger partial charge in [-0.1, -0.05) is 23.7 Å². The van der Waals surface area contributed by atoms with Gasteiger partial charge in [-0.2, -0.15) is 9.61 Å². The molecule has 158 valence electrons. The molecule has 1 fully saturated rings. The Morgan fingerprint density at radius 1 is 1.32 bits per heavy atom. The highest BCUT2D eigenvalue weighted by Crippen LogP contribution is 2.23. The first-order valence-corrected chi connectivity index (χ1v) is 10.3. The number of aromatic hydroxyl groups is 1. The molecule has 31 heavy (non-hydrogen) atoms. The molecule has 1 aliphatic carbocycles. The Balaban J connectivity index is 1.61. The van der Waals surface area contributed by atoms with Crippen molar-refractivity contribution in [3.8, 4) is 5.88 Å². The van der Waals surface area contributed by atoms with Crippen LogP contribution in [0.1, 0.15) is 37.1 Å². The number of imidazole rings is 1. The van der Waals surface area contributed by atoms with Crippen LogP contribution < -0.4 is 21.7 Å². The third-order valence-electron chi connectivity index (χ3n) is 5.11. The number of aromatic amines is 2. The molecular weight excluding hydrogens is 418 g/mol. The summed E-state index contributed by atoms with van der Waals surface area (Å²) in [5.74, 6) is 0.411. The molecule has 4 N–H and O–H groups in total. The standard InChI is InChI=1S/C21H20ClN7O2/c1-11(12-2-4-14(22)5-3-12)24-17-9-18(25-15-6-7-15)29-19(27-17)13(10-23-29)8-16-20(30)28-21(31)26-16/h2-5,8-11,15,24,30H,6-7H2,1H3,(H2,26,28,31). The predicted molar refractivity (Wildman–Crippen MR) is 117 cm³/mol. The number of rotatable bonds is 5. The molecule has 1 aromatic carbocycles. The number of nitrogens with zero attached hydrogens (tertiary/aromatic N) is 4. The Labute approximate surface area is 181 Å². The molecule has 4 aromatic rings. The fraction of sp³-hybridized carbons (Fsp3) is 0.238.